The number of amides is 1. The SMILES string of the molecule is COC(=O)C1CCCN1C(=O)C(C)Cl. The molecule has 0 saturated carbocycles. The molecule has 2 unspecified atom stereocenters. The summed E-state index contributed by atoms with van der Waals surface area (Å²) in [5.41, 5.74) is 0. The minimum atomic E-state index is -0.583. The number of carbonyl (C=O) groups is 2. The maximum absolute atomic E-state index is 11.6. The Morgan fingerprint density at radius 1 is 1.57 bits per heavy atom. The van der Waals surface area contributed by atoms with Crippen LogP contribution in [0.1, 0.15) is 19.8 Å². The number of halogens is 1. The molecule has 1 amide bonds. The van der Waals surface area contributed by atoms with Gasteiger partial charge >= 0.3 is 5.97 Å². The number of likely N-dealkylation sites (tertiary alicyclic amines) is 1. The molecule has 1 saturated heterocycles. The van der Waals surface area contributed by atoms with Crippen LogP contribution in [0.4, 0.5) is 0 Å². The van der Waals surface area contributed by atoms with Crippen molar-refractivity contribution in [3.63, 3.8) is 0 Å². The van der Waals surface area contributed by atoms with Crippen molar-refractivity contribution in [3.05, 3.63) is 0 Å². The smallest absolute Gasteiger partial charge is 0.328 e. The second-order valence-electron chi connectivity index (χ2n) is 3.33. The predicted molar refractivity (Wildman–Crippen MR) is 52.1 cm³/mol. The molecule has 1 aliphatic rings. The second-order valence-corrected chi connectivity index (χ2v) is 3.98. The van der Waals surface area contributed by atoms with Crippen molar-refractivity contribution in [2.75, 3.05) is 13.7 Å². The van der Waals surface area contributed by atoms with E-state index < -0.39 is 11.4 Å². The number of rotatable bonds is 2. The van der Waals surface area contributed by atoms with E-state index in [1.165, 1.54) is 12.0 Å². The van der Waals surface area contributed by atoms with Crippen molar-refractivity contribution in [1.29, 1.82) is 0 Å². The van der Waals surface area contributed by atoms with E-state index in [0.29, 0.717) is 13.0 Å². The first-order valence-corrected chi connectivity index (χ1v) is 5.04. The molecular formula is C9H14ClNO3. The molecule has 14 heavy (non-hydrogen) atoms. The van der Waals surface area contributed by atoms with Crippen molar-refractivity contribution in [2.45, 2.75) is 31.2 Å². The normalized spacial score (nSPS) is 23.4. The summed E-state index contributed by atoms with van der Waals surface area (Å²) in [5.74, 6) is -0.548. The molecule has 0 N–H and O–H groups in total. The Hall–Kier alpha value is -0.770. The Kier molecular flexibility index (Phi) is 3.75. The molecule has 0 spiro atoms. The van der Waals surface area contributed by atoms with Gasteiger partial charge in [0.15, 0.2) is 0 Å². The van der Waals surface area contributed by atoms with Crippen molar-refractivity contribution in [2.24, 2.45) is 0 Å². The Morgan fingerprint density at radius 2 is 2.21 bits per heavy atom. The van der Waals surface area contributed by atoms with E-state index in [-0.39, 0.29) is 11.9 Å². The summed E-state index contributed by atoms with van der Waals surface area (Å²) < 4.78 is 4.62. The fourth-order valence-electron chi connectivity index (χ4n) is 1.64. The van der Waals surface area contributed by atoms with E-state index in [2.05, 4.69) is 4.74 Å². The largest absolute Gasteiger partial charge is 0.467 e. The van der Waals surface area contributed by atoms with Crippen LogP contribution >= 0.6 is 11.6 Å². The predicted octanol–water partition coefficient (Wildman–Crippen LogP) is 0.778. The lowest BCUT2D eigenvalue weighted by molar-refractivity contribution is -0.150. The van der Waals surface area contributed by atoms with E-state index in [9.17, 15) is 9.59 Å². The van der Waals surface area contributed by atoms with Gasteiger partial charge in [-0.2, -0.15) is 0 Å². The van der Waals surface area contributed by atoms with Crippen molar-refractivity contribution >= 4 is 23.5 Å². The zero-order chi connectivity index (χ0) is 10.7. The molecule has 0 aromatic carbocycles. The number of alkyl halides is 1. The lowest BCUT2D eigenvalue weighted by Crippen LogP contribution is -2.43. The topological polar surface area (TPSA) is 46.6 Å². The quantitative estimate of drug-likeness (QED) is 0.509. The van der Waals surface area contributed by atoms with Gasteiger partial charge in [-0.15, -0.1) is 11.6 Å². The van der Waals surface area contributed by atoms with Crippen LogP contribution in [0.2, 0.25) is 0 Å². The molecule has 1 heterocycles. The molecular weight excluding hydrogens is 206 g/mol. The molecule has 5 heteroatoms. The molecule has 1 fully saturated rings. The van der Waals surface area contributed by atoms with Crippen LogP contribution in [0, 0.1) is 0 Å². The van der Waals surface area contributed by atoms with Crippen molar-refractivity contribution in [1.82, 2.24) is 4.90 Å². The maximum atomic E-state index is 11.6. The van der Waals surface area contributed by atoms with Crippen LogP contribution in [-0.4, -0.2) is 41.8 Å². The third kappa shape index (κ3) is 2.18. The zero-order valence-electron chi connectivity index (χ0n) is 8.33. The number of ether oxygens (including phenoxy) is 1. The number of hydrogen-bond donors (Lipinski definition) is 0. The number of hydrogen-bond acceptors (Lipinski definition) is 3. The van der Waals surface area contributed by atoms with Crippen molar-refractivity contribution < 1.29 is 14.3 Å². The standard InChI is InChI=1S/C9H14ClNO3/c1-6(10)8(12)11-5-3-4-7(11)9(13)14-2/h6-7H,3-5H2,1-2H3. The van der Waals surface area contributed by atoms with Gasteiger partial charge in [0.05, 0.1) is 7.11 Å². The summed E-state index contributed by atoms with van der Waals surface area (Å²) in [6, 6.07) is -0.436. The average molecular weight is 220 g/mol. The number of methoxy groups -OCH3 is 1. The van der Waals surface area contributed by atoms with Gasteiger partial charge in [0.1, 0.15) is 11.4 Å². The Labute approximate surface area is 88.2 Å². The lowest BCUT2D eigenvalue weighted by Gasteiger charge is -2.23. The van der Waals surface area contributed by atoms with Crippen LogP contribution in [0.15, 0.2) is 0 Å². The van der Waals surface area contributed by atoms with E-state index in [0.717, 1.165) is 6.42 Å². The van der Waals surface area contributed by atoms with Gasteiger partial charge in [-0.05, 0) is 19.8 Å². The molecule has 80 valence electrons. The molecule has 0 aliphatic carbocycles. The van der Waals surface area contributed by atoms with Crippen LogP contribution < -0.4 is 0 Å². The first kappa shape index (κ1) is 11.3. The average Bonchev–Trinajstić information content (AvgIpc) is 2.63. The Morgan fingerprint density at radius 3 is 2.71 bits per heavy atom. The second kappa shape index (κ2) is 4.64. The van der Waals surface area contributed by atoms with Gasteiger partial charge in [0.25, 0.3) is 0 Å². The minimum Gasteiger partial charge on any atom is -0.467 e. The third-order valence-electron chi connectivity index (χ3n) is 2.35. The minimum absolute atomic E-state index is 0.195. The van der Waals surface area contributed by atoms with E-state index in [1.54, 1.807) is 6.92 Å². The van der Waals surface area contributed by atoms with E-state index in [1.807, 2.05) is 0 Å². The van der Waals surface area contributed by atoms with Gasteiger partial charge in [0.2, 0.25) is 5.91 Å². The highest BCUT2D eigenvalue weighted by Crippen LogP contribution is 2.20. The monoisotopic (exact) mass is 219 g/mol. The molecule has 0 radical (unpaired) electrons. The number of carbonyl (C=O) groups excluding carboxylic acids is 2. The van der Waals surface area contributed by atoms with Crippen LogP contribution in [-0.2, 0) is 14.3 Å². The summed E-state index contributed by atoms with van der Waals surface area (Å²) in [4.78, 5) is 24.4. The maximum Gasteiger partial charge on any atom is 0.328 e. The van der Waals surface area contributed by atoms with Gasteiger partial charge in [-0.1, -0.05) is 0 Å². The summed E-state index contributed by atoms with van der Waals surface area (Å²) in [6.07, 6.45) is 1.50. The lowest BCUT2D eigenvalue weighted by atomic mass is 10.2. The summed E-state index contributed by atoms with van der Waals surface area (Å²) in [7, 11) is 1.33. The first-order valence-electron chi connectivity index (χ1n) is 4.60. The van der Waals surface area contributed by atoms with Crippen LogP contribution in [0.3, 0.4) is 0 Å². The zero-order valence-corrected chi connectivity index (χ0v) is 9.08. The molecule has 0 aromatic heterocycles. The highest BCUT2D eigenvalue weighted by Gasteiger charge is 2.35. The van der Waals surface area contributed by atoms with Gasteiger partial charge in [0, 0.05) is 6.54 Å². The molecule has 0 aromatic rings. The Balaban J connectivity index is 2.68. The molecule has 4 nitrogen and oxygen atoms in total. The van der Waals surface area contributed by atoms with Gasteiger partial charge < -0.3 is 9.64 Å². The van der Waals surface area contributed by atoms with Crippen LogP contribution in [0.5, 0.6) is 0 Å². The molecule has 2 atom stereocenters. The highest BCUT2D eigenvalue weighted by molar-refractivity contribution is 6.30. The Bertz CT molecular complexity index is 242. The van der Waals surface area contributed by atoms with Gasteiger partial charge in [-0.3, -0.25) is 4.79 Å². The van der Waals surface area contributed by atoms with E-state index >= 15 is 0 Å². The summed E-state index contributed by atoms with van der Waals surface area (Å²) in [5, 5.41) is -0.583. The first-order chi connectivity index (χ1) is 6.57. The fraction of sp³-hybridized carbons (Fsp3) is 0.778. The highest BCUT2D eigenvalue weighted by atomic mass is 35.5. The fourth-order valence-corrected chi connectivity index (χ4v) is 1.77. The van der Waals surface area contributed by atoms with Gasteiger partial charge in [-0.25, -0.2) is 4.79 Å². The number of esters is 1. The van der Waals surface area contributed by atoms with Crippen LogP contribution in [0.25, 0.3) is 0 Å². The molecule has 1 rings (SSSR count). The molecule has 0 bridgehead atoms. The third-order valence-corrected chi connectivity index (χ3v) is 2.54. The van der Waals surface area contributed by atoms with Crippen molar-refractivity contribution in [3.8, 4) is 0 Å². The van der Waals surface area contributed by atoms with E-state index in [4.69, 9.17) is 11.6 Å². The molecule has 1 aliphatic heterocycles. The summed E-state index contributed by atoms with van der Waals surface area (Å²) >= 11 is 5.68. The summed E-state index contributed by atoms with van der Waals surface area (Å²) in [6.45, 7) is 2.20. The number of nitrogens with zero attached hydrogens (tertiary/aromatic N) is 1.